The quantitative estimate of drug-likeness (QED) is 0.860. The van der Waals surface area contributed by atoms with Gasteiger partial charge in [-0.05, 0) is 24.7 Å². The average Bonchev–Trinajstić information content (AvgIpc) is 3.21. The van der Waals surface area contributed by atoms with Crippen LogP contribution in [0.1, 0.15) is 53.4 Å². The van der Waals surface area contributed by atoms with Crippen molar-refractivity contribution in [2.75, 3.05) is 33.9 Å². The number of rotatable bonds is 4. The van der Waals surface area contributed by atoms with Gasteiger partial charge in [-0.15, -0.1) is 0 Å². The number of ether oxygens (including phenoxy) is 2. The van der Waals surface area contributed by atoms with Gasteiger partial charge in [0, 0.05) is 13.7 Å². The van der Waals surface area contributed by atoms with E-state index in [1.807, 2.05) is 18.7 Å². The first-order valence-electron chi connectivity index (χ1n) is 8.62. The van der Waals surface area contributed by atoms with E-state index in [9.17, 15) is 9.59 Å². The number of nitrogens with one attached hydrogen (secondary N) is 1. The highest BCUT2D eigenvalue weighted by Crippen LogP contribution is 2.54. The maximum absolute atomic E-state index is 12.1. The minimum absolute atomic E-state index is 0.0109. The first-order chi connectivity index (χ1) is 11.0. The summed E-state index contributed by atoms with van der Waals surface area (Å²) in [6.45, 7) is 9.59. The van der Waals surface area contributed by atoms with Gasteiger partial charge < -0.3 is 19.7 Å². The lowest BCUT2D eigenvalue weighted by molar-refractivity contribution is -0.132. The van der Waals surface area contributed by atoms with Crippen LogP contribution in [-0.2, 0) is 14.3 Å². The van der Waals surface area contributed by atoms with Crippen LogP contribution < -0.4 is 5.32 Å². The SMILES string of the molecule is CC.CCC.COC[C@@H]1CC2(CC2)CN1C(=O)CNC(=O)OC. The fourth-order valence-corrected chi connectivity index (χ4v) is 2.66. The van der Waals surface area contributed by atoms with E-state index in [1.54, 1.807) is 7.11 Å². The van der Waals surface area contributed by atoms with Crippen molar-refractivity contribution in [1.82, 2.24) is 10.2 Å². The van der Waals surface area contributed by atoms with E-state index < -0.39 is 6.09 Å². The van der Waals surface area contributed by atoms with Crippen LogP contribution in [0.25, 0.3) is 0 Å². The zero-order valence-corrected chi connectivity index (χ0v) is 15.6. The van der Waals surface area contributed by atoms with Gasteiger partial charge >= 0.3 is 6.09 Å². The first-order valence-corrected chi connectivity index (χ1v) is 8.62. The monoisotopic (exact) mass is 330 g/mol. The molecule has 1 aliphatic carbocycles. The molecule has 1 heterocycles. The van der Waals surface area contributed by atoms with Crippen molar-refractivity contribution in [2.45, 2.75) is 59.4 Å². The molecule has 1 saturated carbocycles. The third kappa shape index (κ3) is 7.20. The molecule has 0 unspecified atom stereocenters. The van der Waals surface area contributed by atoms with Gasteiger partial charge in [-0.2, -0.15) is 0 Å². The van der Waals surface area contributed by atoms with E-state index in [1.165, 1.54) is 26.4 Å². The number of amides is 2. The van der Waals surface area contributed by atoms with Gasteiger partial charge in [-0.25, -0.2) is 4.79 Å². The summed E-state index contributed by atoms with van der Waals surface area (Å²) in [5.41, 5.74) is 0.337. The molecule has 1 N–H and O–H groups in total. The Hall–Kier alpha value is -1.30. The van der Waals surface area contributed by atoms with Crippen LogP contribution in [0.15, 0.2) is 0 Å². The Morgan fingerprint density at radius 3 is 2.22 bits per heavy atom. The molecule has 1 spiro atoms. The molecule has 0 radical (unpaired) electrons. The Labute approximate surface area is 140 Å². The van der Waals surface area contributed by atoms with E-state index in [4.69, 9.17) is 4.74 Å². The third-order valence-electron chi connectivity index (χ3n) is 3.82. The second kappa shape index (κ2) is 11.3. The molecule has 23 heavy (non-hydrogen) atoms. The standard InChI is InChI=1S/C12H20N2O4.C3H8.C2H6/c1-17-7-9-5-12(3-4-12)8-14(9)10(15)6-13-11(16)18-2;1-3-2;1-2/h9H,3-8H2,1-2H3,(H,13,16);3H2,1-2H3;1-2H3/t9-;;/m0../s1. The van der Waals surface area contributed by atoms with Crippen molar-refractivity contribution < 1.29 is 19.1 Å². The van der Waals surface area contributed by atoms with Crippen LogP contribution in [-0.4, -0.2) is 56.9 Å². The molecule has 0 aromatic rings. The van der Waals surface area contributed by atoms with Gasteiger partial charge in [0.2, 0.25) is 5.91 Å². The minimum atomic E-state index is -0.577. The predicted octanol–water partition coefficient (Wildman–Crippen LogP) is 2.81. The summed E-state index contributed by atoms with van der Waals surface area (Å²) < 4.78 is 9.61. The number of nitrogens with zero attached hydrogens (tertiary/aromatic N) is 1. The molecule has 2 aliphatic rings. The zero-order valence-electron chi connectivity index (χ0n) is 15.6. The smallest absolute Gasteiger partial charge is 0.407 e. The summed E-state index contributed by atoms with van der Waals surface area (Å²) in [7, 11) is 2.93. The molecule has 0 aromatic carbocycles. The Morgan fingerprint density at radius 1 is 1.22 bits per heavy atom. The molecule has 1 aliphatic heterocycles. The van der Waals surface area contributed by atoms with Crippen molar-refractivity contribution in [3.8, 4) is 0 Å². The number of alkyl carbamates (subject to hydrolysis) is 1. The van der Waals surface area contributed by atoms with Gasteiger partial charge in [-0.3, -0.25) is 4.79 Å². The van der Waals surface area contributed by atoms with Crippen molar-refractivity contribution in [3.63, 3.8) is 0 Å². The maximum atomic E-state index is 12.1. The summed E-state index contributed by atoms with van der Waals surface area (Å²) in [5, 5.41) is 2.43. The fraction of sp³-hybridized carbons (Fsp3) is 0.882. The molecule has 136 valence electrons. The lowest BCUT2D eigenvalue weighted by Crippen LogP contribution is -2.44. The van der Waals surface area contributed by atoms with Crippen LogP contribution in [0.4, 0.5) is 4.79 Å². The van der Waals surface area contributed by atoms with Gasteiger partial charge in [0.1, 0.15) is 6.54 Å². The highest BCUT2D eigenvalue weighted by Gasteiger charge is 2.52. The number of likely N-dealkylation sites (tertiary alicyclic amines) is 1. The van der Waals surface area contributed by atoms with Crippen LogP contribution in [0.3, 0.4) is 0 Å². The van der Waals surface area contributed by atoms with Crippen molar-refractivity contribution in [1.29, 1.82) is 0 Å². The second-order valence-electron chi connectivity index (χ2n) is 5.89. The number of carbonyl (C=O) groups is 2. The molecule has 0 aromatic heterocycles. The number of methoxy groups -OCH3 is 2. The normalized spacial score (nSPS) is 19.9. The Bertz CT molecular complexity index is 357. The van der Waals surface area contributed by atoms with Crippen molar-refractivity contribution >= 4 is 12.0 Å². The van der Waals surface area contributed by atoms with Gasteiger partial charge in [0.05, 0.1) is 19.8 Å². The van der Waals surface area contributed by atoms with E-state index in [0.29, 0.717) is 12.0 Å². The highest BCUT2D eigenvalue weighted by atomic mass is 16.5. The Kier molecular flexibility index (Phi) is 10.6. The van der Waals surface area contributed by atoms with Gasteiger partial charge in [-0.1, -0.05) is 34.1 Å². The van der Waals surface area contributed by atoms with Crippen LogP contribution >= 0.6 is 0 Å². The zero-order chi connectivity index (χ0) is 17.9. The van der Waals surface area contributed by atoms with Gasteiger partial charge in [0.15, 0.2) is 0 Å². The molecule has 2 amide bonds. The molecular formula is C17H34N2O4. The summed E-state index contributed by atoms with van der Waals surface area (Å²) in [6.07, 6.45) is 4.08. The Morgan fingerprint density at radius 2 is 1.78 bits per heavy atom. The molecule has 6 heteroatoms. The minimum Gasteiger partial charge on any atom is -0.453 e. The molecule has 0 bridgehead atoms. The first kappa shape index (κ1) is 21.7. The predicted molar refractivity (Wildman–Crippen MR) is 91.4 cm³/mol. The van der Waals surface area contributed by atoms with Crippen LogP contribution in [0.2, 0.25) is 0 Å². The van der Waals surface area contributed by atoms with E-state index in [2.05, 4.69) is 23.9 Å². The van der Waals surface area contributed by atoms with Gasteiger partial charge in [0.25, 0.3) is 0 Å². The molecule has 1 atom stereocenters. The summed E-state index contributed by atoms with van der Waals surface area (Å²) >= 11 is 0. The largest absolute Gasteiger partial charge is 0.453 e. The summed E-state index contributed by atoms with van der Waals surface area (Å²) in [6, 6.07) is 0.143. The molecule has 6 nitrogen and oxygen atoms in total. The van der Waals surface area contributed by atoms with E-state index in [-0.39, 0.29) is 18.5 Å². The fourth-order valence-electron chi connectivity index (χ4n) is 2.66. The average molecular weight is 330 g/mol. The lowest BCUT2D eigenvalue weighted by Gasteiger charge is -2.24. The van der Waals surface area contributed by atoms with Crippen LogP contribution in [0, 0.1) is 5.41 Å². The van der Waals surface area contributed by atoms with Crippen LogP contribution in [0.5, 0.6) is 0 Å². The summed E-state index contributed by atoms with van der Waals surface area (Å²) in [4.78, 5) is 24.9. The van der Waals surface area contributed by atoms with E-state index in [0.717, 1.165) is 13.0 Å². The topological polar surface area (TPSA) is 67.9 Å². The summed E-state index contributed by atoms with van der Waals surface area (Å²) in [5.74, 6) is -0.0637. The number of carbonyl (C=O) groups excluding carboxylic acids is 2. The molecular weight excluding hydrogens is 296 g/mol. The number of hydrogen-bond donors (Lipinski definition) is 1. The lowest BCUT2D eigenvalue weighted by atomic mass is 10.0. The second-order valence-corrected chi connectivity index (χ2v) is 5.89. The van der Waals surface area contributed by atoms with E-state index >= 15 is 0 Å². The highest BCUT2D eigenvalue weighted by molar-refractivity contribution is 5.82. The molecule has 2 rings (SSSR count). The molecule has 1 saturated heterocycles. The van der Waals surface area contributed by atoms with Crippen molar-refractivity contribution in [3.05, 3.63) is 0 Å². The maximum Gasteiger partial charge on any atom is 0.407 e. The Balaban J connectivity index is 0.000000868. The molecule has 2 fully saturated rings. The number of hydrogen-bond acceptors (Lipinski definition) is 4. The van der Waals surface area contributed by atoms with Crippen molar-refractivity contribution in [2.24, 2.45) is 5.41 Å². The third-order valence-corrected chi connectivity index (χ3v) is 3.82.